The lowest BCUT2D eigenvalue weighted by atomic mass is 10.2. The van der Waals surface area contributed by atoms with E-state index in [9.17, 15) is 8.42 Å². The van der Waals surface area contributed by atoms with E-state index in [1.807, 2.05) is 6.92 Å². The average Bonchev–Trinajstić information content (AvgIpc) is 2.46. The summed E-state index contributed by atoms with van der Waals surface area (Å²) in [5.74, 6) is 0. The highest BCUT2D eigenvalue weighted by Crippen LogP contribution is 2.19. The summed E-state index contributed by atoms with van der Waals surface area (Å²) in [5, 5.41) is 2.84. The molecule has 7 heteroatoms. The van der Waals surface area contributed by atoms with Gasteiger partial charge in [0.1, 0.15) is 4.90 Å². The van der Waals surface area contributed by atoms with Crippen LogP contribution in [0.25, 0.3) is 0 Å². The molecular formula is C13H16N4O2S. The van der Waals surface area contributed by atoms with Gasteiger partial charge in [-0.15, -0.1) is 0 Å². The smallest absolute Gasteiger partial charge is 0.244 e. The third-order valence-corrected chi connectivity index (χ3v) is 4.36. The predicted octanol–water partition coefficient (Wildman–Crippen LogP) is 1.31. The molecule has 20 heavy (non-hydrogen) atoms. The maximum Gasteiger partial charge on any atom is 0.244 e. The molecule has 0 bridgehead atoms. The van der Waals surface area contributed by atoms with Gasteiger partial charge in [0.25, 0.3) is 0 Å². The van der Waals surface area contributed by atoms with Crippen LogP contribution in [0.2, 0.25) is 0 Å². The van der Waals surface area contributed by atoms with Gasteiger partial charge in [-0.05, 0) is 30.2 Å². The van der Waals surface area contributed by atoms with Crippen LogP contribution in [-0.4, -0.2) is 25.4 Å². The van der Waals surface area contributed by atoms with Crippen LogP contribution in [0.1, 0.15) is 11.1 Å². The molecule has 2 aromatic heterocycles. The van der Waals surface area contributed by atoms with Crippen molar-refractivity contribution in [3.8, 4) is 0 Å². The van der Waals surface area contributed by atoms with Crippen molar-refractivity contribution in [2.45, 2.75) is 18.4 Å². The fourth-order valence-corrected chi connectivity index (χ4v) is 2.91. The number of nitrogens with zero attached hydrogens (tertiary/aromatic N) is 2. The van der Waals surface area contributed by atoms with E-state index in [2.05, 4.69) is 20.0 Å². The van der Waals surface area contributed by atoms with Crippen LogP contribution >= 0.6 is 0 Å². The van der Waals surface area contributed by atoms with Gasteiger partial charge < -0.3 is 5.32 Å². The largest absolute Gasteiger partial charge is 0.387 e. The number of pyridine rings is 2. The minimum atomic E-state index is -3.61. The molecule has 0 aromatic carbocycles. The van der Waals surface area contributed by atoms with E-state index in [1.54, 1.807) is 31.6 Å². The molecule has 0 spiro atoms. The second kappa shape index (κ2) is 5.98. The van der Waals surface area contributed by atoms with Crippen molar-refractivity contribution in [2.75, 3.05) is 12.4 Å². The maximum absolute atomic E-state index is 12.3. The zero-order valence-electron chi connectivity index (χ0n) is 11.3. The quantitative estimate of drug-likeness (QED) is 0.868. The molecule has 0 aliphatic rings. The molecule has 0 fully saturated rings. The lowest BCUT2D eigenvalue weighted by Crippen LogP contribution is -2.24. The van der Waals surface area contributed by atoms with Gasteiger partial charge in [0.2, 0.25) is 10.0 Å². The van der Waals surface area contributed by atoms with Crippen molar-refractivity contribution >= 4 is 15.7 Å². The molecule has 0 atom stereocenters. The van der Waals surface area contributed by atoms with E-state index in [1.165, 1.54) is 12.4 Å². The number of rotatable bonds is 5. The van der Waals surface area contributed by atoms with Crippen LogP contribution in [0.3, 0.4) is 0 Å². The van der Waals surface area contributed by atoms with Crippen LogP contribution in [-0.2, 0) is 16.6 Å². The van der Waals surface area contributed by atoms with Crippen LogP contribution in [0.15, 0.2) is 41.8 Å². The molecule has 6 nitrogen and oxygen atoms in total. The number of nitrogens with one attached hydrogen (secondary N) is 2. The lowest BCUT2D eigenvalue weighted by molar-refractivity contribution is 0.581. The molecule has 2 rings (SSSR count). The molecule has 0 aliphatic heterocycles. The van der Waals surface area contributed by atoms with E-state index in [4.69, 9.17) is 0 Å². The predicted molar refractivity (Wildman–Crippen MR) is 76.8 cm³/mol. The zero-order chi connectivity index (χ0) is 14.6. The number of aromatic nitrogens is 2. The van der Waals surface area contributed by atoms with Gasteiger partial charge in [0.15, 0.2) is 0 Å². The van der Waals surface area contributed by atoms with E-state index in [0.29, 0.717) is 5.69 Å². The van der Waals surface area contributed by atoms with E-state index in [0.717, 1.165) is 11.1 Å². The third-order valence-electron chi connectivity index (χ3n) is 2.93. The highest BCUT2D eigenvalue weighted by molar-refractivity contribution is 7.89. The van der Waals surface area contributed by atoms with Gasteiger partial charge >= 0.3 is 0 Å². The van der Waals surface area contributed by atoms with Crippen molar-refractivity contribution in [3.05, 3.63) is 48.0 Å². The summed E-state index contributed by atoms with van der Waals surface area (Å²) < 4.78 is 27.2. The summed E-state index contributed by atoms with van der Waals surface area (Å²) in [6.45, 7) is 2.11. The average molecular weight is 292 g/mol. The Balaban J connectivity index is 2.22. The number of sulfonamides is 1. The monoisotopic (exact) mass is 292 g/mol. The van der Waals surface area contributed by atoms with Crippen molar-refractivity contribution in [1.82, 2.24) is 14.7 Å². The highest BCUT2D eigenvalue weighted by atomic mass is 32.2. The van der Waals surface area contributed by atoms with Crippen LogP contribution in [0.5, 0.6) is 0 Å². The van der Waals surface area contributed by atoms with Gasteiger partial charge in [-0.1, -0.05) is 0 Å². The van der Waals surface area contributed by atoms with Gasteiger partial charge in [-0.25, -0.2) is 13.1 Å². The Hall–Kier alpha value is -1.99. The molecular weight excluding hydrogens is 276 g/mol. The SMILES string of the molecule is CNc1ccncc1S(=O)(=O)NCc1ccncc1C. The topological polar surface area (TPSA) is 84.0 Å². The van der Waals surface area contributed by atoms with E-state index < -0.39 is 10.0 Å². The Morgan fingerprint density at radius 1 is 1.15 bits per heavy atom. The molecule has 2 aromatic rings. The molecule has 106 valence electrons. The summed E-state index contributed by atoms with van der Waals surface area (Å²) in [6.07, 6.45) is 6.21. The lowest BCUT2D eigenvalue weighted by Gasteiger charge is -2.11. The standard InChI is InChI=1S/C13H16N4O2S/c1-10-7-15-5-3-11(10)8-17-20(18,19)13-9-16-6-4-12(13)14-2/h3-7,9,17H,8H2,1-2H3,(H,14,16). The van der Waals surface area contributed by atoms with Gasteiger partial charge in [0, 0.05) is 38.4 Å². The highest BCUT2D eigenvalue weighted by Gasteiger charge is 2.18. The summed E-state index contributed by atoms with van der Waals surface area (Å²) in [7, 11) is -1.95. The van der Waals surface area contributed by atoms with E-state index in [-0.39, 0.29) is 11.4 Å². The van der Waals surface area contributed by atoms with Gasteiger partial charge in [0.05, 0.1) is 5.69 Å². The Morgan fingerprint density at radius 2 is 1.85 bits per heavy atom. The molecule has 0 saturated carbocycles. The van der Waals surface area contributed by atoms with Crippen molar-refractivity contribution in [1.29, 1.82) is 0 Å². The number of aryl methyl sites for hydroxylation is 1. The summed E-state index contributed by atoms with van der Waals surface area (Å²) in [4.78, 5) is 7.97. The molecule has 0 radical (unpaired) electrons. The molecule has 0 aliphatic carbocycles. The first-order chi connectivity index (χ1) is 9.54. The summed E-state index contributed by atoms with van der Waals surface area (Å²) >= 11 is 0. The van der Waals surface area contributed by atoms with Gasteiger partial charge in [-0.2, -0.15) is 0 Å². The van der Waals surface area contributed by atoms with Crippen molar-refractivity contribution in [3.63, 3.8) is 0 Å². The molecule has 0 saturated heterocycles. The second-order valence-electron chi connectivity index (χ2n) is 4.25. The minimum Gasteiger partial charge on any atom is -0.387 e. The Labute approximate surface area is 118 Å². The Bertz CT molecular complexity index is 701. The second-order valence-corrected chi connectivity index (χ2v) is 5.98. The Kier molecular flexibility index (Phi) is 4.31. The summed E-state index contributed by atoms with van der Waals surface area (Å²) in [5.41, 5.74) is 2.34. The minimum absolute atomic E-state index is 0.134. The van der Waals surface area contributed by atoms with E-state index >= 15 is 0 Å². The van der Waals surface area contributed by atoms with Crippen molar-refractivity contribution < 1.29 is 8.42 Å². The first-order valence-electron chi connectivity index (χ1n) is 6.05. The fraction of sp³-hybridized carbons (Fsp3) is 0.231. The van der Waals surface area contributed by atoms with Crippen LogP contribution < -0.4 is 10.0 Å². The molecule has 2 heterocycles. The third kappa shape index (κ3) is 3.12. The number of hydrogen-bond acceptors (Lipinski definition) is 5. The van der Waals surface area contributed by atoms with Crippen molar-refractivity contribution in [2.24, 2.45) is 0 Å². The van der Waals surface area contributed by atoms with Crippen LogP contribution in [0, 0.1) is 6.92 Å². The summed E-state index contributed by atoms with van der Waals surface area (Å²) in [6, 6.07) is 3.41. The van der Waals surface area contributed by atoms with Gasteiger partial charge in [-0.3, -0.25) is 9.97 Å². The molecule has 0 amide bonds. The zero-order valence-corrected chi connectivity index (χ0v) is 12.1. The Morgan fingerprint density at radius 3 is 2.55 bits per heavy atom. The molecule has 0 unspecified atom stereocenters. The first kappa shape index (κ1) is 14.4. The first-order valence-corrected chi connectivity index (χ1v) is 7.54. The maximum atomic E-state index is 12.3. The molecule has 2 N–H and O–H groups in total. The number of anilines is 1. The normalized spacial score (nSPS) is 11.3. The fourth-order valence-electron chi connectivity index (χ4n) is 1.75. The van der Waals surface area contributed by atoms with Crippen LogP contribution in [0.4, 0.5) is 5.69 Å². The number of hydrogen-bond donors (Lipinski definition) is 2.